The van der Waals surface area contributed by atoms with E-state index in [1.54, 1.807) is 0 Å². The number of hydrogen-bond acceptors (Lipinski definition) is 6. The molecule has 70 heavy (non-hydrogen) atoms. The third kappa shape index (κ3) is 7.02. The Labute approximate surface area is 417 Å². The molecule has 8 nitrogen and oxygen atoms in total. The number of nitrogens with one attached hydrogen (secondary N) is 1. The highest BCUT2D eigenvalue weighted by molar-refractivity contribution is 6.01. The van der Waals surface area contributed by atoms with Crippen LogP contribution in [-0.4, -0.2) is 68.5 Å². The predicted molar refractivity (Wildman–Crippen MR) is 274 cm³/mol. The molecule has 3 aliphatic heterocycles. The summed E-state index contributed by atoms with van der Waals surface area (Å²) >= 11 is 0. The molecule has 2 bridgehead atoms. The van der Waals surface area contributed by atoms with Crippen LogP contribution in [0.5, 0.6) is 0 Å². The van der Waals surface area contributed by atoms with Gasteiger partial charge in [-0.3, -0.25) is 9.59 Å². The fourth-order valence-corrected chi connectivity index (χ4v) is 18.6. The van der Waals surface area contributed by atoms with E-state index in [2.05, 4.69) is 86.5 Å². The number of rotatable bonds is 9. The van der Waals surface area contributed by atoms with Gasteiger partial charge in [0.15, 0.2) is 5.78 Å². The monoisotopic (exact) mass is 951 g/mol. The Balaban J connectivity index is 1.04. The highest BCUT2D eigenvalue weighted by Crippen LogP contribution is 2.77. The second-order valence-corrected chi connectivity index (χ2v) is 26.2. The second-order valence-electron chi connectivity index (χ2n) is 26.2. The molecule has 12 rings (SSSR count). The van der Waals surface area contributed by atoms with Crippen molar-refractivity contribution in [1.29, 1.82) is 0 Å². The Morgan fingerprint density at radius 3 is 2.29 bits per heavy atom. The van der Waals surface area contributed by atoms with Gasteiger partial charge in [0.1, 0.15) is 11.9 Å². The van der Waals surface area contributed by atoms with Crippen molar-refractivity contribution in [1.82, 2.24) is 9.55 Å². The Morgan fingerprint density at radius 1 is 0.900 bits per heavy atom. The number of ketones is 2. The molecule has 7 fully saturated rings. The van der Waals surface area contributed by atoms with E-state index in [-0.39, 0.29) is 47.1 Å². The van der Waals surface area contributed by atoms with E-state index in [4.69, 9.17) is 9.47 Å². The van der Waals surface area contributed by atoms with Crippen molar-refractivity contribution in [2.45, 2.75) is 206 Å². The van der Waals surface area contributed by atoms with E-state index in [1.807, 2.05) is 13.8 Å². The average molecular weight is 951 g/mol. The fourth-order valence-electron chi connectivity index (χ4n) is 18.6. The van der Waals surface area contributed by atoms with Gasteiger partial charge in [0, 0.05) is 85.6 Å². The number of aromatic nitrogens is 2. The molecule has 5 heterocycles. The van der Waals surface area contributed by atoms with Crippen LogP contribution in [0.2, 0.25) is 0 Å². The van der Waals surface area contributed by atoms with Crippen LogP contribution in [0.1, 0.15) is 191 Å². The number of Topliss-reactive ketones (excluding diaryl/α,β-unsaturated/α-hetero) is 2. The molecule has 9 aliphatic rings. The van der Waals surface area contributed by atoms with Crippen molar-refractivity contribution in [3.63, 3.8) is 0 Å². The summed E-state index contributed by atoms with van der Waals surface area (Å²) in [7, 11) is 0. The molecule has 5 saturated carbocycles. The number of carbonyl (C=O) groups is 2. The van der Waals surface area contributed by atoms with Gasteiger partial charge in [-0.15, -0.1) is 0 Å². The lowest BCUT2D eigenvalue weighted by Crippen LogP contribution is -2.70. The number of aliphatic hydroxyl groups is 2. The van der Waals surface area contributed by atoms with Gasteiger partial charge in [0.25, 0.3) is 0 Å². The number of nitrogens with zero attached hydrogens (tertiary/aromatic N) is 1. The third-order valence-corrected chi connectivity index (χ3v) is 22.4. The topological polar surface area (TPSA) is 117 Å². The lowest BCUT2D eigenvalue weighted by Gasteiger charge is -2.71. The Morgan fingerprint density at radius 2 is 1.59 bits per heavy atom. The largest absolute Gasteiger partial charge is 0.392 e. The van der Waals surface area contributed by atoms with Gasteiger partial charge in [-0.2, -0.15) is 0 Å². The highest BCUT2D eigenvalue weighted by atomic mass is 16.6. The second kappa shape index (κ2) is 17.0. The number of benzene rings is 1. The molecule has 1 aromatic carbocycles. The van der Waals surface area contributed by atoms with Crippen molar-refractivity contribution in [3.8, 4) is 11.8 Å². The van der Waals surface area contributed by atoms with E-state index in [0.717, 1.165) is 80.3 Å². The maximum absolute atomic E-state index is 15.2. The quantitative estimate of drug-likeness (QED) is 0.145. The summed E-state index contributed by atoms with van der Waals surface area (Å²) in [5, 5.41) is 25.7. The molecule has 2 saturated heterocycles. The van der Waals surface area contributed by atoms with Crippen LogP contribution >= 0.6 is 0 Å². The Kier molecular flexibility index (Phi) is 11.6. The smallest absolute Gasteiger partial charge is 0.160 e. The van der Waals surface area contributed by atoms with Crippen LogP contribution in [0.25, 0.3) is 11.0 Å². The Bertz CT molecular complexity index is 2640. The maximum Gasteiger partial charge on any atom is 0.160 e. The molecule has 12 unspecified atom stereocenters. The van der Waals surface area contributed by atoms with E-state index in [1.165, 1.54) is 72.9 Å². The summed E-state index contributed by atoms with van der Waals surface area (Å²) in [6.45, 7) is 17.9. The number of allylic oxidation sites excluding steroid dienone is 1. The minimum Gasteiger partial charge on any atom is -0.392 e. The number of aliphatic hydroxyl groups excluding tert-OH is 2. The molecular weight excluding hydrogens is 869 g/mol. The molecule has 0 spiro atoms. The van der Waals surface area contributed by atoms with Crippen molar-refractivity contribution in [3.05, 3.63) is 69.6 Å². The van der Waals surface area contributed by atoms with Crippen molar-refractivity contribution >= 4 is 22.6 Å². The summed E-state index contributed by atoms with van der Waals surface area (Å²) < 4.78 is 14.3. The molecule has 0 amide bonds. The highest BCUT2D eigenvalue weighted by Gasteiger charge is 2.75. The van der Waals surface area contributed by atoms with Crippen LogP contribution in [0, 0.1) is 69.0 Å². The third-order valence-electron chi connectivity index (χ3n) is 22.4. The van der Waals surface area contributed by atoms with E-state index < -0.39 is 33.9 Å². The average Bonchev–Trinajstić information content (AvgIpc) is 3.89. The molecule has 376 valence electrons. The van der Waals surface area contributed by atoms with Crippen molar-refractivity contribution < 1.29 is 29.3 Å². The summed E-state index contributed by atoms with van der Waals surface area (Å²) in [5.74, 6) is 8.93. The molecule has 8 heteroatoms. The van der Waals surface area contributed by atoms with Gasteiger partial charge in [-0.05, 0) is 152 Å². The number of H-pyrrole nitrogens is 1. The molecule has 3 aromatic rings. The van der Waals surface area contributed by atoms with Gasteiger partial charge < -0.3 is 29.2 Å². The van der Waals surface area contributed by atoms with E-state index in [0.29, 0.717) is 55.8 Å². The molecule has 2 aromatic heterocycles. The number of hydrogen-bond donors (Lipinski definition) is 3. The van der Waals surface area contributed by atoms with Gasteiger partial charge in [-0.25, -0.2) is 0 Å². The molecule has 3 N–H and O–H groups in total. The predicted octanol–water partition coefficient (Wildman–Crippen LogP) is 11.7. The van der Waals surface area contributed by atoms with Gasteiger partial charge in [0.05, 0.1) is 28.8 Å². The summed E-state index contributed by atoms with van der Waals surface area (Å²) in [5.41, 5.74) is 8.73. The zero-order valence-corrected chi connectivity index (χ0v) is 43.6. The normalized spacial score (nSPS) is 38.5. The standard InChI is InChI=1S/C62H82N2O6/c1-36(28-48(65)57-58(2,3)70-57)52-49(66)34-60(5)53(52)45-35-64-46(19-13-18-43-33-51(67)61(6,42-16-11-12-17-42)50-20-24-59(60,4)56(55(45)68)62(43,50)7)44(54-47(64)21-25-63-54)31-37-29-40(38-14-9-8-10-15-38)32-41(30-37)39-22-26-69-27-23-39/h21,25,29-30,32,36,38-39,42-43,45,48,50,55-57,63,65,68H,8-12,14-17,19-20,22-24,26-28,31,33-35H2,1-7H3. The maximum atomic E-state index is 15.2. The minimum absolute atomic E-state index is 0.0895. The van der Waals surface area contributed by atoms with Crippen LogP contribution in [0.3, 0.4) is 0 Å². The number of epoxide rings is 1. The van der Waals surface area contributed by atoms with Crippen LogP contribution < -0.4 is 0 Å². The van der Waals surface area contributed by atoms with Crippen LogP contribution in [-0.2, 0) is 38.4 Å². The van der Waals surface area contributed by atoms with Crippen molar-refractivity contribution in [2.24, 2.45) is 57.2 Å². The first-order chi connectivity index (χ1) is 33.5. The zero-order valence-electron chi connectivity index (χ0n) is 43.6. The number of carbonyl (C=O) groups excluding carboxylic acids is 2. The Hall–Kier alpha value is -3.48. The summed E-state index contributed by atoms with van der Waals surface area (Å²) in [6, 6.07) is 9.79. The summed E-state index contributed by atoms with van der Waals surface area (Å²) in [4.78, 5) is 34.1. The summed E-state index contributed by atoms with van der Waals surface area (Å²) in [6.07, 6.45) is 17.8. The zero-order chi connectivity index (χ0) is 48.7. The van der Waals surface area contributed by atoms with Gasteiger partial charge >= 0.3 is 0 Å². The molecule has 12 atom stereocenters. The molecule has 0 radical (unpaired) electrons. The number of aromatic amines is 1. The molecule has 6 aliphatic carbocycles. The van der Waals surface area contributed by atoms with Crippen LogP contribution in [0.15, 0.2) is 41.6 Å². The first-order valence-electron chi connectivity index (χ1n) is 28.2. The van der Waals surface area contributed by atoms with E-state index >= 15 is 9.59 Å². The van der Waals surface area contributed by atoms with Crippen LogP contribution in [0.4, 0.5) is 0 Å². The number of fused-ring (bicyclic) bond motifs is 7. The SMILES string of the molecule is CC(CC(O)C1OC1(C)C)C1=C2C3Cn4c(c(Cc5cc(C6CCCCC6)cc(C6CCOCC6)c5)c5[nH]ccc54)CC#CC4CC(=O)C(C)(C5CCCC5)C5CCC(C)(C(C3O)C45C)C2(C)CC1=O. The molecular formula is C62H82N2O6. The van der Waals surface area contributed by atoms with E-state index in [9.17, 15) is 10.2 Å². The lowest BCUT2D eigenvalue weighted by atomic mass is 9.32. The number of ether oxygens (including phenoxy) is 2. The van der Waals surface area contributed by atoms with Gasteiger partial charge in [-0.1, -0.05) is 96.8 Å². The lowest BCUT2D eigenvalue weighted by molar-refractivity contribution is -0.236. The fraction of sp³-hybridized carbons (Fsp3) is 0.710. The minimum atomic E-state index is -0.769. The first kappa shape index (κ1) is 47.5. The van der Waals surface area contributed by atoms with Gasteiger partial charge in [0.2, 0.25) is 0 Å². The first-order valence-corrected chi connectivity index (χ1v) is 28.2. The van der Waals surface area contributed by atoms with Crippen molar-refractivity contribution in [2.75, 3.05) is 13.2 Å².